The molecule has 1 fully saturated rings. The van der Waals surface area contributed by atoms with Gasteiger partial charge in [-0.05, 0) is 41.4 Å². The van der Waals surface area contributed by atoms with Gasteiger partial charge in [-0.2, -0.15) is 0 Å². The topological polar surface area (TPSA) is 20.2 Å². The van der Waals surface area contributed by atoms with Crippen LogP contribution < -0.4 is 0 Å². The van der Waals surface area contributed by atoms with E-state index in [1.807, 2.05) is 0 Å². The lowest BCUT2D eigenvalue weighted by atomic mass is 9.45. The molecule has 1 N–H and O–H groups in total. The van der Waals surface area contributed by atoms with Gasteiger partial charge in [-0.15, -0.1) is 0 Å². The molecule has 0 aromatic heterocycles. The van der Waals surface area contributed by atoms with Crippen molar-refractivity contribution < 1.29 is 5.11 Å². The van der Waals surface area contributed by atoms with Gasteiger partial charge in [0.05, 0.1) is 11.5 Å². The van der Waals surface area contributed by atoms with Crippen LogP contribution in [0.1, 0.15) is 50.3 Å². The Hall–Kier alpha value is -2.38. The van der Waals surface area contributed by atoms with Gasteiger partial charge in [0.15, 0.2) is 0 Å². The molecule has 3 aromatic rings. The van der Waals surface area contributed by atoms with Gasteiger partial charge >= 0.3 is 0 Å². The van der Waals surface area contributed by atoms with Crippen LogP contribution in [0.5, 0.6) is 0 Å². The second-order valence-electron chi connectivity index (χ2n) is 9.13. The lowest BCUT2D eigenvalue weighted by Crippen LogP contribution is -2.61. The van der Waals surface area contributed by atoms with Gasteiger partial charge in [-0.3, -0.25) is 0 Å². The summed E-state index contributed by atoms with van der Waals surface area (Å²) in [6, 6.07) is 32.2. The minimum Gasteiger partial charge on any atom is -0.392 e. The van der Waals surface area contributed by atoms with Crippen LogP contribution in [0.3, 0.4) is 0 Å². The molecule has 1 aliphatic carbocycles. The van der Waals surface area contributed by atoms with Crippen LogP contribution in [0, 0.1) is 11.8 Å². The molecule has 0 amide bonds. The van der Waals surface area contributed by atoms with Crippen molar-refractivity contribution in [3.8, 4) is 0 Å². The lowest BCUT2D eigenvalue weighted by Gasteiger charge is -2.59. The summed E-state index contributed by atoms with van der Waals surface area (Å²) in [7, 11) is 0. The maximum atomic E-state index is 12.2. The highest BCUT2D eigenvalue weighted by molar-refractivity contribution is 5.51. The third-order valence-corrected chi connectivity index (χ3v) is 7.42. The van der Waals surface area contributed by atoms with Crippen molar-refractivity contribution in [1.29, 1.82) is 0 Å². The Labute approximate surface area is 175 Å². The minimum absolute atomic E-state index is 0.220. The van der Waals surface area contributed by atoms with E-state index in [9.17, 15) is 5.11 Å². The van der Waals surface area contributed by atoms with Crippen LogP contribution in [0.4, 0.5) is 0 Å². The van der Waals surface area contributed by atoms with Crippen LogP contribution in [0.25, 0.3) is 0 Å². The molecule has 4 rings (SSSR count). The summed E-state index contributed by atoms with van der Waals surface area (Å²) >= 11 is 0. The molecule has 3 unspecified atom stereocenters. The van der Waals surface area contributed by atoms with E-state index in [0.717, 1.165) is 12.8 Å². The minimum atomic E-state index is -0.510. The summed E-state index contributed by atoms with van der Waals surface area (Å²) in [5.74, 6) is 0.685. The van der Waals surface area contributed by atoms with E-state index in [1.54, 1.807) is 0 Å². The quantitative estimate of drug-likeness (QED) is 0.555. The highest BCUT2D eigenvalue weighted by atomic mass is 16.3. The molecule has 3 atom stereocenters. The largest absolute Gasteiger partial charge is 0.392 e. The van der Waals surface area contributed by atoms with Crippen molar-refractivity contribution in [2.45, 2.75) is 50.5 Å². The molecule has 0 spiro atoms. The molecule has 150 valence electrons. The first-order chi connectivity index (χ1) is 14.0. The van der Waals surface area contributed by atoms with Crippen LogP contribution in [-0.2, 0) is 10.8 Å². The maximum absolute atomic E-state index is 12.2. The summed E-state index contributed by atoms with van der Waals surface area (Å²) in [6.07, 6.45) is 1.61. The van der Waals surface area contributed by atoms with E-state index >= 15 is 0 Å². The SMILES string of the molecule is CC(C)C1CCC(C)(c2ccccc2)C(c2ccccc2)(c2ccccc2)C1O. The van der Waals surface area contributed by atoms with Gasteiger partial charge < -0.3 is 5.11 Å². The molecule has 29 heavy (non-hydrogen) atoms. The number of aliphatic hydroxyl groups is 1. The summed E-state index contributed by atoms with van der Waals surface area (Å²) in [4.78, 5) is 0. The first-order valence-electron chi connectivity index (χ1n) is 10.9. The summed E-state index contributed by atoms with van der Waals surface area (Å²) in [5.41, 5.74) is 2.98. The van der Waals surface area contributed by atoms with Crippen LogP contribution in [-0.4, -0.2) is 11.2 Å². The predicted molar refractivity (Wildman–Crippen MR) is 121 cm³/mol. The third-order valence-electron chi connectivity index (χ3n) is 7.42. The molecule has 1 nitrogen and oxygen atoms in total. The van der Waals surface area contributed by atoms with Crippen molar-refractivity contribution in [2.24, 2.45) is 11.8 Å². The van der Waals surface area contributed by atoms with Gasteiger partial charge in [-0.25, -0.2) is 0 Å². The Morgan fingerprint density at radius 3 is 1.55 bits per heavy atom. The molecule has 0 aliphatic heterocycles. The molecular formula is C28H32O. The van der Waals surface area contributed by atoms with Crippen molar-refractivity contribution in [1.82, 2.24) is 0 Å². The number of hydrogen-bond donors (Lipinski definition) is 1. The normalized spacial score (nSPS) is 26.4. The summed E-state index contributed by atoms with van der Waals surface area (Å²) in [5, 5.41) is 12.2. The Morgan fingerprint density at radius 2 is 1.14 bits per heavy atom. The predicted octanol–water partition coefficient (Wildman–Crippen LogP) is 6.36. The number of benzene rings is 3. The highest BCUT2D eigenvalue weighted by Gasteiger charge is 2.60. The van der Waals surface area contributed by atoms with Crippen molar-refractivity contribution >= 4 is 0 Å². The zero-order valence-electron chi connectivity index (χ0n) is 17.8. The van der Waals surface area contributed by atoms with Gasteiger partial charge in [0, 0.05) is 5.41 Å². The fraction of sp³-hybridized carbons (Fsp3) is 0.357. The van der Waals surface area contributed by atoms with E-state index in [-0.39, 0.29) is 11.3 Å². The Morgan fingerprint density at radius 1 is 0.724 bits per heavy atom. The first-order valence-corrected chi connectivity index (χ1v) is 10.9. The molecule has 0 bridgehead atoms. The Kier molecular flexibility index (Phi) is 5.36. The fourth-order valence-corrected chi connectivity index (χ4v) is 5.88. The average molecular weight is 385 g/mol. The van der Waals surface area contributed by atoms with E-state index in [1.165, 1.54) is 16.7 Å². The fourth-order valence-electron chi connectivity index (χ4n) is 5.88. The number of aliphatic hydroxyl groups excluding tert-OH is 1. The van der Waals surface area contributed by atoms with E-state index in [2.05, 4.69) is 112 Å². The molecule has 3 aromatic carbocycles. The summed E-state index contributed by atoms with van der Waals surface area (Å²) < 4.78 is 0. The third kappa shape index (κ3) is 3.04. The van der Waals surface area contributed by atoms with E-state index in [4.69, 9.17) is 0 Å². The molecule has 1 saturated carbocycles. The van der Waals surface area contributed by atoms with Crippen LogP contribution >= 0.6 is 0 Å². The lowest BCUT2D eigenvalue weighted by molar-refractivity contribution is -0.0469. The monoisotopic (exact) mass is 384 g/mol. The van der Waals surface area contributed by atoms with Crippen molar-refractivity contribution in [3.63, 3.8) is 0 Å². The molecule has 0 heterocycles. The number of hydrogen-bond acceptors (Lipinski definition) is 1. The van der Waals surface area contributed by atoms with Gasteiger partial charge in [0.1, 0.15) is 0 Å². The molecule has 0 radical (unpaired) electrons. The van der Waals surface area contributed by atoms with Crippen molar-refractivity contribution in [2.75, 3.05) is 0 Å². The van der Waals surface area contributed by atoms with Gasteiger partial charge in [0.2, 0.25) is 0 Å². The Balaban J connectivity index is 2.08. The summed E-state index contributed by atoms with van der Waals surface area (Å²) in [6.45, 7) is 6.86. The standard InChI is InChI=1S/C28H32O/c1-21(2)25-19-20-27(3,22-13-7-4-8-14-22)28(26(25)29,23-15-9-5-10-16-23)24-17-11-6-12-18-24/h4-18,21,25-26,29H,19-20H2,1-3H3. The highest BCUT2D eigenvalue weighted by Crippen LogP contribution is 2.59. The Bertz CT molecular complexity index is 877. The van der Waals surface area contributed by atoms with E-state index < -0.39 is 11.5 Å². The maximum Gasteiger partial charge on any atom is 0.0716 e. The number of rotatable bonds is 4. The molecule has 1 heteroatoms. The van der Waals surface area contributed by atoms with E-state index in [0.29, 0.717) is 5.92 Å². The molecule has 1 aliphatic rings. The van der Waals surface area contributed by atoms with Crippen LogP contribution in [0.15, 0.2) is 91.0 Å². The smallest absolute Gasteiger partial charge is 0.0716 e. The zero-order valence-corrected chi connectivity index (χ0v) is 17.8. The molecule has 0 saturated heterocycles. The van der Waals surface area contributed by atoms with Gasteiger partial charge in [-0.1, -0.05) is 112 Å². The van der Waals surface area contributed by atoms with Crippen LogP contribution in [0.2, 0.25) is 0 Å². The second kappa shape index (κ2) is 7.80. The molecular weight excluding hydrogens is 352 g/mol. The first kappa shape index (κ1) is 19.9. The average Bonchev–Trinajstić information content (AvgIpc) is 2.76. The zero-order chi connectivity index (χ0) is 20.5. The second-order valence-corrected chi connectivity index (χ2v) is 9.13. The van der Waals surface area contributed by atoms with Crippen molar-refractivity contribution in [3.05, 3.63) is 108 Å². The van der Waals surface area contributed by atoms with Gasteiger partial charge in [0.25, 0.3) is 0 Å².